The minimum absolute atomic E-state index is 0.637. The number of benzene rings is 8. The van der Waals surface area contributed by atoms with Gasteiger partial charge in [0.2, 0.25) is 0 Å². The lowest BCUT2D eigenvalue weighted by Gasteiger charge is -2.13. The lowest BCUT2D eigenvalue weighted by Crippen LogP contribution is -2.01. The summed E-state index contributed by atoms with van der Waals surface area (Å²) in [6.45, 7) is 0. The third-order valence-electron chi connectivity index (χ3n) is 10.8. The summed E-state index contributed by atoms with van der Waals surface area (Å²) in [5.41, 5.74) is 11.9. The molecular formula is C51H33N5. The van der Waals surface area contributed by atoms with Crippen LogP contribution in [0.1, 0.15) is 0 Å². The Morgan fingerprint density at radius 2 is 0.696 bits per heavy atom. The van der Waals surface area contributed by atoms with E-state index in [9.17, 15) is 0 Å². The van der Waals surface area contributed by atoms with Crippen molar-refractivity contribution in [3.8, 4) is 56.7 Å². The molecule has 0 radical (unpaired) electrons. The molecule has 0 N–H and O–H groups in total. The summed E-state index contributed by atoms with van der Waals surface area (Å²) < 4.78 is 4.79. The largest absolute Gasteiger partial charge is 0.309 e. The Morgan fingerprint density at radius 3 is 1.25 bits per heavy atom. The SMILES string of the molecule is c1ccc(-c2nc(-c3ccccc3)nc(-c3ccccc3-c3ccc(-n4c5ccccc5c5cc6c7ccccc7n(-c7ccccc7)c6cc54)cc3)n2)cc1. The Hall–Kier alpha value is -7.63. The topological polar surface area (TPSA) is 48.5 Å². The summed E-state index contributed by atoms with van der Waals surface area (Å²) >= 11 is 0. The standard InChI is InChI=1S/C51H33N5/c1-4-16-35(17-5-1)49-52-50(36-18-6-2-7-19-36)54-51(53-49)42-25-11-10-22-39(42)34-28-30-38(31-29-34)56-46-27-15-13-24-41(46)44-32-43-40-23-12-14-26-45(40)55(47(43)33-48(44)56)37-20-8-3-9-21-37/h1-33H. The molecule has 0 unspecified atom stereocenters. The van der Waals surface area contributed by atoms with Crippen molar-refractivity contribution < 1.29 is 0 Å². The predicted octanol–water partition coefficient (Wildman–Crippen LogP) is 12.7. The second-order valence-corrected chi connectivity index (χ2v) is 14.1. The van der Waals surface area contributed by atoms with E-state index in [4.69, 9.17) is 15.0 Å². The third kappa shape index (κ3) is 5.21. The van der Waals surface area contributed by atoms with E-state index in [-0.39, 0.29) is 0 Å². The van der Waals surface area contributed by atoms with Crippen LogP contribution in [0.2, 0.25) is 0 Å². The van der Waals surface area contributed by atoms with Gasteiger partial charge in [0.05, 0.1) is 22.1 Å². The van der Waals surface area contributed by atoms with Gasteiger partial charge >= 0.3 is 0 Å². The molecule has 3 aromatic heterocycles. The van der Waals surface area contributed by atoms with Crippen molar-refractivity contribution in [3.63, 3.8) is 0 Å². The van der Waals surface area contributed by atoms with Crippen molar-refractivity contribution in [2.24, 2.45) is 0 Å². The molecule has 0 atom stereocenters. The molecule has 262 valence electrons. The van der Waals surface area contributed by atoms with Crippen molar-refractivity contribution in [2.75, 3.05) is 0 Å². The summed E-state index contributed by atoms with van der Waals surface area (Å²) in [6.07, 6.45) is 0. The van der Waals surface area contributed by atoms with Crippen molar-refractivity contribution in [3.05, 3.63) is 200 Å². The molecule has 0 spiro atoms. The minimum Gasteiger partial charge on any atom is -0.309 e. The van der Waals surface area contributed by atoms with Gasteiger partial charge in [-0.1, -0.05) is 152 Å². The lowest BCUT2D eigenvalue weighted by molar-refractivity contribution is 1.07. The number of hydrogen-bond donors (Lipinski definition) is 0. The minimum atomic E-state index is 0.637. The highest BCUT2D eigenvalue weighted by molar-refractivity contribution is 6.19. The maximum Gasteiger partial charge on any atom is 0.164 e. The van der Waals surface area contributed by atoms with Gasteiger partial charge in [0.1, 0.15) is 0 Å². The number of hydrogen-bond acceptors (Lipinski definition) is 3. The molecule has 0 fully saturated rings. The Kier molecular flexibility index (Phi) is 7.42. The Balaban J connectivity index is 1.07. The van der Waals surface area contributed by atoms with Crippen molar-refractivity contribution >= 4 is 43.6 Å². The molecule has 5 heteroatoms. The van der Waals surface area contributed by atoms with E-state index in [0.717, 1.165) is 39.2 Å². The normalized spacial score (nSPS) is 11.6. The van der Waals surface area contributed by atoms with E-state index < -0.39 is 0 Å². The van der Waals surface area contributed by atoms with Crippen LogP contribution in [0.4, 0.5) is 0 Å². The van der Waals surface area contributed by atoms with Crippen LogP contribution in [0.5, 0.6) is 0 Å². The predicted molar refractivity (Wildman–Crippen MR) is 230 cm³/mol. The molecule has 0 amide bonds. The second-order valence-electron chi connectivity index (χ2n) is 14.1. The fraction of sp³-hybridized carbons (Fsp3) is 0. The molecule has 11 rings (SSSR count). The fourth-order valence-electron chi connectivity index (χ4n) is 8.21. The van der Waals surface area contributed by atoms with Gasteiger partial charge in [0.25, 0.3) is 0 Å². The molecule has 0 aliphatic heterocycles. The summed E-state index contributed by atoms with van der Waals surface area (Å²) in [4.78, 5) is 15.0. The first kappa shape index (κ1) is 31.9. The van der Waals surface area contributed by atoms with Crippen molar-refractivity contribution in [1.82, 2.24) is 24.1 Å². The smallest absolute Gasteiger partial charge is 0.164 e. The first-order chi connectivity index (χ1) is 27.8. The van der Waals surface area contributed by atoms with Gasteiger partial charge in [-0.2, -0.15) is 0 Å². The third-order valence-corrected chi connectivity index (χ3v) is 10.8. The van der Waals surface area contributed by atoms with E-state index >= 15 is 0 Å². The number of para-hydroxylation sites is 3. The van der Waals surface area contributed by atoms with Crippen LogP contribution < -0.4 is 0 Å². The van der Waals surface area contributed by atoms with Crippen LogP contribution in [-0.4, -0.2) is 24.1 Å². The molecule has 0 aliphatic carbocycles. The quantitative estimate of drug-likeness (QED) is 0.172. The first-order valence-electron chi connectivity index (χ1n) is 18.9. The maximum atomic E-state index is 5.05. The van der Waals surface area contributed by atoms with Crippen LogP contribution in [0.25, 0.3) is 100 Å². The summed E-state index contributed by atoms with van der Waals surface area (Å²) in [6, 6.07) is 70.4. The first-order valence-corrected chi connectivity index (χ1v) is 18.9. The number of nitrogens with zero attached hydrogens (tertiary/aromatic N) is 5. The van der Waals surface area contributed by atoms with Gasteiger partial charge in [-0.25, -0.2) is 15.0 Å². The maximum absolute atomic E-state index is 5.05. The molecule has 0 bridgehead atoms. The highest BCUT2D eigenvalue weighted by Gasteiger charge is 2.19. The van der Waals surface area contributed by atoms with Crippen LogP contribution in [0.15, 0.2) is 200 Å². The van der Waals surface area contributed by atoms with Crippen LogP contribution in [0, 0.1) is 0 Å². The molecule has 56 heavy (non-hydrogen) atoms. The summed E-state index contributed by atoms with van der Waals surface area (Å²) in [5, 5.41) is 4.96. The zero-order chi connectivity index (χ0) is 37.0. The Labute approximate surface area is 323 Å². The van der Waals surface area contributed by atoms with E-state index in [1.54, 1.807) is 0 Å². The van der Waals surface area contributed by atoms with E-state index in [0.29, 0.717) is 17.5 Å². The summed E-state index contributed by atoms with van der Waals surface area (Å²) in [5.74, 6) is 1.93. The van der Waals surface area contributed by atoms with Crippen LogP contribution in [-0.2, 0) is 0 Å². The molecular weight excluding hydrogens is 683 g/mol. The van der Waals surface area contributed by atoms with Crippen molar-refractivity contribution in [1.29, 1.82) is 0 Å². The monoisotopic (exact) mass is 715 g/mol. The van der Waals surface area contributed by atoms with Crippen LogP contribution >= 0.6 is 0 Å². The zero-order valence-corrected chi connectivity index (χ0v) is 30.3. The number of rotatable bonds is 6. The van der Waals surface area contributed by atoms with Gasteiger partial charge in [-0.15, -0.1) is 0 Å². The second kappa shape index (κ2) is 13.0. The molecule has 3 heterocycles. The lowest BCUT2D eigenvalue weighted by atomic mass is 9.98. The molecule has 0 saturated carbocycles. The number of fused-ring (bicyclic) bond motifs is 6. The zero-order valence-electron chi connectivity index (χ0n) is 30.3. The van der Waals surface area contributed by atoms with Gasteiger partial charge < -0.3 is 9.13 Å². The van der Waals surface area contributed by atoms with Crippen LogP contribution in [0.3, 0.4) is 0 Å². The molecule has 5 nitrogen and oxygen atoms in total. The molecule has 8 aromatic carbocycles. The van der Waals surface area contributed by atoms with Crippen molar-refractivity contribution in [2.45, 2.75) is 0 Å². The van der Waals surface area contributed by atoms with Gasteiger partial charge in [0.15, 0.2) is 17.5 Å². The van der Waals surface area contributed by atoms with E-state index in [2.05, 4.69) is 149 Å². The molecule has 0 aliphatic rings. The molecule has 0 saturated heterocycles. The average Bonchev–Trinajstić information content (AvgIpc) is 3.78. The van der Waals surface area contributed by atoms with E-state index in [1.165, 1.54) is 43.6 Å². The fourth-order valence-corrected chi connectivity index (χ4v) is 8.21. The van der Waals surface area contributed by atoms with E-state index in [1.807, 2.05) is 60.7 Å². The summed E-state index contributed by atoms with van der Waals surface area (Å²) in [7, 11) is 0. The molecule has 11 aromatic rings. The highest BCUT2D eigenvalue weighted by atomic mass is 15.0. The Morgan fingerprint density at radius 1 is 0.268 bits per heavy atom. The van der Waals surface area contributed by atoms with Gasteiger partial charge in [-0.05, 0) is 59.7 Å². The van der Waals surface area contributed by atoms with Gasteiger partial charge in [-0.3, -0.25) is 0 Å². The van der Waals surface area contributed by atoms with Gasteiger partial charge in [0, 0.05) is 49.6 Å². The Bertz CT molecular complexity index is 3160. The number of aromatic nitrogens is 5. The average molecular weight is 716 g/mol. The highest BCUT2D eigenvalue weighted by Crippen LogP contribution is 2.40.